The van der Waals surface area contributed by atoms with Gasteiger partial charge in [0.05, 0.1) is 18.8 Å². The molecular formula is C15H18N2O5. The lowest BCUT2D eigenvalue weighted by Crippen LogP contribution is -2.52. The van der Waals surface area contributed by atoms with Gasteiger partial charge in [-0.05, 0) is 13.0 Å². The minimum absolute atomic E-state index is 0.0390. The van der Waals surface area contributed by atoms with E-state index in [0.29, 0.717) is 5.69 Å². The van der Waals surface area contributed by atoms with E-state index in [-0.39, 0.29) is 37.1 Å². The van der Waals surface area contributed by atoms with Gasteiger partial charge in [0, 0.05) is 12.6 Å². The van der Waals surface area contributed by atoms with E-state index in [1.807, 2.05) is 0 Å². The number of ether oxygens (including phenoxy) is 1. The molecular weight excluding hydrogens is 288 g/mol. The summed E-state index contributed by atoms with van der Waals surface area (Å²) in [5.74, 6) is -1.27. The van der Waals surface area contributed by atoms with Crippen LogP contribution in [0, 0.1) is 0 Å². The van der Waals surface area contributed by atoms with E-state index in [1.165, 1.54) is 15.9 Å². The average molecular weight is 306 g/mol. The molecule has 1 saturated heterocycles. The maximum Gasteiger partial charge on any atom is 0.339 e. The Morgan fingerprint density at radius 1 is 1.27 bits per heavy atom. The van der Waals surface area contributed by atoms with E-state index in [4.69, 9.17) is 4.74 Å². The molecule has 22 heavy (non-hydrogen) atoms. The number of carbonyl (C=O) groups is 3. The van der Waals surface area contributed by atoms with Crippen molar-refractivity contribution >= 4 is 23.5 Å². The van der Waals surface area contributed by atoms with E-state index in [1.54, 1.807) is 32.2 Å². The fourth-order valence-electron chi connectivity index (χ4n) is 2.25. The third-order valence-corrected chi connectivity index (χ3v) is 3.42. The normalized spacial score (nSPS) is 16.7. The topological polar surface area (TPSA) is 87.2 Å². The quantitative estimate of drug-likeness (QED) is 0.797. The van der Waals surface area contributed by atoms with Crippen LogP contribution in [0.25, 0.3) is 0 Å². The van der Waals surface area contributed by atoms with Gasteiger partial charge in [0.15, 0.2) is 6.10 Å². The standard InChI is InChI=1S/C15H18N2O5/c1-3-22-15(21)14(20)10-6-4-5-7-11(10)17-9-12(18)16(2)8-13(17)19/h4-7,14,20H,3,8-9H2,1-2H3. The molecule has 1 N–H and O–H groups in total. The number of nitrogens with zero attached hydrogens (tertiary/aromatic N) is 2. The van der Waals surface area contributed by atoms with Crippen LogP contribution >= 0.6 is 0 Å². The zero-order valence-corrected chi connectivity index (χ0v) is 12.5. The minimum atomic E-state index is -1.50. The summed E-state index contributed by atoms with van der Waals surface area (Å²) in [4.78, 5) is 38.3. The van der Waals surface area contributed by atoms with Gasteiger partial charge < -0.3 is 19.6 Å². The van der Waals surface area contributed by atoms with Crippen LogP contribution in [0.3, 0.4) is 0 Å². The summed E-state index contributed by atoms with van der Waals surface area (Å²) in [6, 6.07) is 6.44. The first-order valence-corrected chi connectivity index (χ1v) is 6.93. The highest BCUT2D eigenvalue weighted by Crippen LogP contribution is 2.28. The molecule has 1 aromatic carbocycles. The number of amides is 2. The SMILES string of the molecule is CCOC(=O)C(O)c1ccccc1N1CC(=O)N(C)CC1=O. The number of para-hydroxylation sites is 1. The molecule has 118 valence electrons. The molecule has 1 unspecified atom stereocenters. The van der Waals surface area contributed by atoms with E-state index in [0.717, 1.165) is 0 Å². The van der Waals surface area contributed by atoms with Crippen LogP contribution in [-0.4, -0.2) is 54.5 Å². The van der Waals surface area contributed by atoms with Crippen LogP contribution in [0.5, 0.6) is 0 Å². The highest BCUT2D eigenvalue weighted by atomic mass is 16.5. The second-order valence-electron chi connectivity index (χ2n) is 4.94. The Kier molecular flexibility index (Phi) is 4.77. The molecule has 1 atom stereocenters. The lowest BCUT2D eigenvalue weighted by Gasteiger charge is -2.33. The number of piperazine rings is 1. The molecule has 0 bridgehead atoms. The summed E-state index contributed by atoms with van der Waals surface area (Å²) in [7, 11) is 1.55. The van der Waals surface area contributed by atoms with Gasteiger partial charge in [0.25, 0.3) is 0 Å². The average Bonchev–Trinajstić information content (AvgIpc) is 2.50. The highest BCUT2D eigenvalue weighted by Gasteiger charge is 2.32. The van der Waals surface area contributed by atoms with Gasteiger partial charge in [-0.2, -0.15) is 0 Å². The number of esters is 1. The van der Waals surface area contributed by atoms with Crippen LogP contribution in [0.15, 0.2) is 24.3 Å². The molecule has 2 rings (SSSR count). The Morgan fingerprint density at radius 2 is 1.95 bits per heavy atom. The molecule has 1 aliphatic rings. The van der Waals surface area contributed by atoms with Gasteiger partial charge in [-0.3, -0.25) is 9.59 Å². The molecule has 1 aliphatic heterocycles. The Morgan fingerprint density at radius 3 is 2.64 bits per heavy atom. The largest absolute Gasteiger partial charge is 0.464 e. The molecule has 2 amide bonds. The van der Waals surface area contributed by atoms with Crippen molar-refractivity contribution in [1.82, 2.24) is 4.90 Å². The van der Waals surface area contributed by atoms with Crippen molar-refractivity contribution in [2.75, 3.05) is 31.6 Å². The molecule has 0 spiro atoms. The second kappa shape index (κ2) is 6.57. The highest BCUT2D eigenvalue weighted by molar-refractivity contribution is 6.05. The molecule has 1 heterocycles. The maximum atomic E-state index is 12.2. The molecule has 7 heteroatoms. The van der Waals surface area contributed by atoms with Crippen LogP contribution in [0.1, 0.15) is 18.6 Å². The summed E-state index contributed by atoms with van der Waals surface area (Å²) >= 11 is 0. The predicted octanol–water partition coefficient (Wildman–Crippen LogP) is 0.0881. The second-order valence-corrected chi connectivity index (χ2v) is 4.94. The van der Waals surface area contributed by atoms with E-state index in [9.17, 15) is 19.5 Å². The van der Waals surface area contributed by atoms with Gasteiger partial charge >= 0.3 is 5.97 Å². The third kappa shape index (κ3) is 3.09. The lowest BCUT2D eigenvalue weighted by molar-refractivity contribution is -0.153. The number of likely N-dealkylation sites (N-methyl/N-ethyl adjacent to an activating group) is 1. The number of benzene rings is 1. The van der Waals surface area contributed by atoms with E-state index < -0.39 is 12.1 Å². The van der Waals surface area contributed by atoms with Crippen molar-refractivity contribution in [3.8, 4) is 0 Å². The molecule has 0 saturated carbocycles. The molecule has 0 aliphatic carbocycles. The summed E-state index contributed by atoms with van der Waals surface area (Å²) in [5.41, 5.74) is 0.584. The van der Waals surface area contributed by atoms with Crippen molar-refractivity contribution < 1.29 is 24.2 Å². The number of hydrogen-bond acceptors (Lipinski definition) is 5. The monoisotopic (exact) mass is 306 g/mol. The van der Waals surface area contributed by atoms with E-state index >= 15 is 0 Å². The van der Waals surface area contributed by atoms with Crippen LogP contribution in [0.4, 0.5) is 5.69 Å². The first-order chi connectivity index (χ1) is 10.5. The van der Waals surface area contributed by atoms with Gasteiger partial charge in [-0.1, -0.05) is 18.2 Å². The van der Waals surface area contributed by atoms with Crippen molar-refractivity contribution in [2.24, 2.45) is 0 Å². The smallest absolute Gasteiger partial charge is 0.339 e. The molecule has 0 radical (unpaired) electrons. The molecule has 1 aromatic rings. The number of rotatable bonds is 4. The zero-order valence-electron chi connectivity index (χ0n) is 12.5. The van der Waals surface area contributed by atoms with Crippen molar-refractivity contribution in [1.29, 1.82) is 0 Å². The lowest BCUT2D eigenvalue weighted by atomic mass is 10.1. The molecule has 7 nitrogen and oxygen atoms in total. The number of carbonyl (C=O) groups excluding carboxylic acids is 3. The Bertz CT molecular complexity index is 601. The maximum absolute atomic E-state index is 12.2. The number of aliphatic hydroxyl groups is 1. The Balaban J connectivity index is 2.34. The Labute approximate surface area is 128 Å². The summed E-state index contributed by atoms with van der Waals surface area (Å²) < 4.78 is 4.80. The fraction of sp³-hybridized carbons (Fsp3) is 0.400. The van der Waals surface area contributed by atoms with Crippen molar-refractivity contribution in [3.63, 3.8) is 0 Å². The fourth-order valence-corrected chi connectivity index (χ4v) is 2.25. The number of aliphatic hydroxyl groups excluding tert-OH is 1. The number of anilines is 1. The van der Waals surface area contributed by atoms with Gasteiger partial charge in [0.2, 0.25) is 11.8 Å². The minimum Gasteiger partial charge on any atom is -0.464 e. The summed E-state index contributed by atoms with van der Waals surface area (Å²) in [6.07, 6.45) is -1.50. The van der Waals surface area contributed by atoms with Crippen molar-refractivity contribution in [3.05, 3.63) is 29.8 Å². The van der Waals surface area contributed by atoms with Crippen LogP contribution in [-0.2, 0) is 19.1 Å². The van der Waals surface area contributed by atoms with Crippen LogP contribution < -0.4 is 4.90 Å². The summed E-state index contributed by atoms with van der Waals surface area (Å²) in [5, 5.41) is 10.1. The third-order valence-electron chi connectivity index (χ3n) is 3.42. The molecule has 1 fully saturated rings. The van der Waals surface area contributed by atoms with Gasteiger partial charge in [0.1, 0.15) is 6.54 Å². The molecule has 0 aromatic heterocycles. The van der Waals surface area contributed by atoms with Crippen molar-refractivity contribution in [2.45, 2.75) is 13.0 Å². The number of hydrogen-bond donors (Lipinski definition) is 1. The van der Waals surface area contributed by atoms with Gasteiger partial charge in [-0.25, -0.2) is 4.79 Å². The zero-order chi connectivity index (χ0) is 16.3. The van der Waals surface area contributed by atoms with E-state index in [2.05, 4.69) is 0 Å². The predicted molar refractivity (Wildman–Crippen MR) is 78.0 cm³/mol. The van der Waals surface area contributed by atoms with Gasteiger partial charge in [-0.15, -0.1) is 0 Å². The first kappa shape index (κ1) is 16.0. The first-order valence-electron chi connectivity index (χ1n) is 6.93. The van der Waals surface area contributed by atoms with Crippen LogP contribution in [0.2, 0.25) is 0 Å². The Hall–Kier alpha value is -2.41. The summed E-state index contributed by atoms with van der Waals surface area (Å²) in [6.45, 7) is 1.62.